The molecule has 3 rings (SSSR count). The van der Waals surface area contributed by atoms with Crippen LogP contribution in [0.1, 0.15) is 12.8 Å². The average Bonchev–Trinajstić information content (AvgIpc) is 2.95. The second-order valence-corrected chi connectivity index (χ2v) is 8.53. The Morgan fingerprint density at radius 1 is 1.12 bits per heavy atom. The molecule has 1 aliphatic rings. The number of amides is 1. The topological polar surface area (TPSA) is 81.7 Å². The molecule has 1 amide bonds. The number of carbonyl (C=O) groups is 1. The Hall–Kier alpha value is -2.54. The van der Waals surface area contributed by atoms with Gasteiger partial charge >= 0.3 is 0 Å². The molecule has 0 saturated carbocycles. The number of sulfone groups is 1. The summed E-state index contributed by atoms with van der Waals surface area (Å²) in [5.41, 5.74) is 0.642. The number of ether oxygens (including phenoxy) is 2. The summed E-state index contributed by atoms with van der Waals surface area (Å²) in [4.78, 5) is 12.1. The molecule has 0 bridgehead atoms. The smallest absolute Gasteiger partial charge is 0.224 e. The molecule has 1 unspecified atom stereocenters. The lowest BCUT2D eigenvalue weighted by Gasteiger charge is -2.11. The van der Waals surface area contributed by atoms with E-state index in [-0.39, 0.29) is 29.8 Å². The summed E-state index contributed by atoms with van der Waals surface area (Å²) < 4.78 is 34.0. The fourth-order valence-electron chi connectivity index (χ4n) is 2.94. The Morgan fingerprint density at radius 2 is 1.81 bits per heavy atom. The molecule has 0 aliphatic carbocycles. The highest BCUT2D eigenvalue weighted by Crippen LogP contribution is 2.31. The number of carbonyl (C=O) groups excluding carboxylic acids is 1. The maximum absolute atomic E-state index is 12.1. The highest BCUT2D eigenvalue weighted by molar-refractivity contribution is 7.91. The van der Waals surface area contributed by atoms with Gasteiger partial charge in [0.1, 0.15) is 5.75 Å². The van der Waals surface area contributed by atoms with Crippen LogP contribution in [-0.4, -0.2) is 32.9 Å². The first-order valence-electron chi connectivity index (χ1n) is 8.36. The van der Waals surface area contributed by atoms with Crippen LogP contribution in [0.4, 0.5) is 5.69 Å². The van der Waals surface area contributed by atoms with Crippen molar-refractivity contribution in [2.45, 2.75) is 12.8 Å². The van der Waals surface area contributed by atoms with Crippen molar-refractivity contribution < 1.29 is 22.7 Å². The van der Waals surface area contributed by atoms with E-state index in [9.17, 15) is 13.2 Å². The first-order chi connectivity index (χ1) is 12.4. The van der Waals surface area contributed by atoms with E-state index in [0.717, 1.165) is 0 Å². The summed E-state index contributed by atoms with van der Waals surface area (Å²) in [6.45, 7) is 0. The van der Waals surface area contributed by atoms with Gasteiger partial charge < -0.3 is 14.8 Å². The van der Waals surface area contributed by atoms with Crippen LogP contribution in [0.25, 0.3) is 0 Å². The molecular weight excluding hydrogens is 354 g/mol. The molecule has 6 nitrogen and oxygen atoms in total. The minimum atomic E-state index is -2.96. The van der Waals surface area contributed by atoms with E-state index in [0.29, 0.717) is 29.4 Å². The molecule has 2 aromatic carbocycles. The molecule has 1 heterocycles. The zero-order valence-electron chi connectivity index (χ0n) is 14.5. The molecule has 1 atom stereocenters. The third kappa shape index (κ3) is 4.76. The number of benzene rings is 2. The highest BCUT2D eigenvalue weighted by atomic mass is 32.2. The van der Waals surface area contributed by atoms with Crippen molar-refractivity contribution in [1.82, 2.24) is 0 Å². The number of nitrogens with one attached hydrogen (secondary N) is 1. The van der Waals surface area contributed by atoms with Gasteiger partial charge in [0.05, 0.1) is 18.6 Å². The summed E-state index contributed by atoms with van der Waals surface area (Å²) in [5, 5.41) is 2.80. The highest BCUT2D eigenvalue weighted by Gasteiger charge is 2.29. The van der Waals surface area contributed by atoms with E-state index >= 15 is 0 Å². The van der Waals surface area contributed by atoms with Crippen molar-refractivity contribution in [3.63, 3.8) is 0 Å². The second kappa shape index (κ2) is 7.78. The molecule has 1 N–H and O–H groups in total. The molecule has 0 aromatic heterocycles. The number of methoxy groups -OCH3 is 1. The van der Waals surface area contributed by atoms with Gasteiger partial charge in [0.25, 0.3) is 0 Å². The van der Waals surface area contributed by atoms with Gasteiger partial charge in [-0.15, -0.1) is 0 Å². The van der Waals surface area contributed by atoms with E-state index in [1.54, 1.807) is 31.4 Å². The van der Waals surface area contributed by atoms with Gasteiger partial charge in [-0.05, 0) is 48.7 Å². The van der Waals surface area contributed by atoms with Crippen LogP contribution in [0.2, 0.25) is 0 Å². The maximum atomic E-state index is 12.1. The van der Waals surface area contributed by atoms with Crippen LogP contribution in [0, 0.1) is 5.92 Å². The van der Waals surface area contributed by atoms with Crippen LogP contribution in [0.15, 0.2) is 48.5 Å². The molecule has 2 aromatic rings. The van der Waals surface area contributed by atoms with Crippen molar-refractivity contribution in [2.24, 2.45) is 5.92 Å². The number of hydrogen-bond acceptors (Lipinski definition) is 5. The van der Waals surface area contributed by atoms with Crippen molar-refractivity contribution in [3.8, 4) is 17.2 Å². The first-order valence-corrected chi connectivity index (χ1v) is 10.2. The Balaban J connectivity index is 1.57. The van der Waals surface area contributed by atoms with Crippen LogP contribution >= 0.6 is 0 Å². The van der Waals surface area contributed by atoms with E-state index in [1.807, 2.05) is 24.3 Å². The normalized spacial score (nSPS) is 18.3. The van der Waals surface area contributed by atoms with Gasteiger partial charge in [0.15, 0.2) is 21.3 Å². The number of para-hydroxylation sites is 2. The van der Waals surface area contributed by atoms with Gasteiger partial charge in [-0.1, -0.05) is 12.1 Å². The largest absolute Gasteiger partial charge is 0.493 e. The monoisotopic (exact) mass is 375 g/mol. The number of anilines is 1. The number of hydrogen-bond donors (Lipinski definition) is 1. The minimum absolute atomic E-state index is 0.0897. The van der Waals surface area contributed by atoms with Gasteiger partial charge in [-0.25, -0.2) is 8.42 Å². The predicted octanol–water partition coefficient (Wildman–Crippen LogP) is 3.25. The molecule has 7 heteroatoms. The molecule has 1 saturated heterocycles. The van der Waals surface area contributed by atoms with Crippen LogP contribution in [-0.2, 0) is 14.6 Å². The lowest BCUT2D eigenvalue weighted by Crippen LogP contribution is -2.17. The van der Waals surface area contributed by atoms with Crippen LogP contribution in [0.5, 0.6) is 17.2 Å². The van der Waals surface area contributed by atoms with E-state index in [2.05, 4.69) is 5.32 Å². The summed E-state index contributed by atoms with van der Waals surface area (Å²) >= 11 is 0. The Bertz CT molecular complexity index is 877. The SMILES string of the molecule is COc1ccccc1Oc1ccc(NC(=O)CC2CCS(=O)(=O)C2)cc1. The number of rotatable bonds is 6. The molecule has 138 valence electrons. The van der Waals surface area contributed by atoms with E-state index < -0.39 is 9.84 Å². The third-order valence-corrected chi connectivity index (χ3v) is 6.07. The maximum Gasteiger partial charge on any atom is 0.224 e. The van der Waals surface area contributed by atoms with Crippen molar-refractivity contribution >= 4 is 21.4 Å². The summed E-state index contributed by atoms with van der Waals surface area (Å²) in [6, 6.07) is 14.3. The van der Waals surface area contributed by atoms with Gasteiger partial charge in [-0.2, -0.15) is 0 Å². The standard InChI is InChI=1S/C19H21NO5S/c1-24-17-4-2-3-5-18(17)25-16-8-6-15(7-9-16)20-19(21)12-14-10-11-26(22,23)13-14/h2-9,14H,10-13H2,1H3,(H,20,21). The van der Waals surface area contributed by atoms with Gasteiger partial charge in [0.2, 0.25) is 5.91 Å². The fourth-order valence-corrected chi connectivity index (χ4v) is 4.81. The summed E-state index contributed by atoms with van der Waals surface area (Å²) in [6.07, 6.45) is 0.778. The lowest BCUT2D eigenvalue weighted by molar-refractivity contribution is -0.116. The molecule has 1 aliphatic heterocycles. The summed E-state index contributed by atoms with van der Waals surface area (Å²) in [5.74, 6) is 1.88. The molecule has 0 radical (unpaired) electrons. The Labute approximate surface area is 153 Å². The molecule has 0 spiro atoms. The minimum Gasteiger partial charge on any atom is -0.493 e. The summed E-state index contributed by atoms with van der Waals surface area (Å²) in [7, 11) is -1.38. The molecule has 26 heavy (non-hydrogen) atoms. The Morgan fingerprint density at radius 3 is 2.42 bits per heavy atom. The molecular formula is C19H21NO5S. The fraction of sp³-hybridized carbons (Fsp3) is 0.316. The first kappa shape index (κ1) is 18.3. The molecule has 1 fully saturated rings. The van der Waals surface area contributed by atoms with E-state index in [1.165, 1.54) is 0 Å². The quantitative estimate of drug-likeness (QED) is 0.838. The lowest BCUT2D eigenvalue weighted by atomic mass is 10.1. The zero-order valence-corrected chi connectivity index (χ0v) is 15.3. The zero-order chi connectivity index (χ0) is 18.6. The van der Waals surface area contributed by atoms with Crippen molar-refractivity contribution in [3.05, 3.63) is 48.5 Å². The van der Waals surface area contributed by atoms with E-state index in [4.69, 9.17) is 9.47 Å². The average molecular weight is 375 g/mol. The van der Waals surface area contributed by atoms with Gasteiger partial charge in [0, 0.05) is 12.1 Å². The van der Waals surface area contributed by atoms with Crippen LogP contribution < -0.4 is 14.8 Å². The van der Waals surface area contributed by atoms with Gasteiger partial charge in [-0.3, -0.25) is 4.79 Å². The Kier molecular flexibility index (Phi) is 5.46. The second-order valence-electron chi connectivity index (χ2n) is 6.30. The van der Waals surface area contributed by atoms with Crippen LogP contribution in [0.3, 0.4) is 0 Å². The van der Waals surface area contributed by atoms with Crippen molar-refractivity contribution in [1.29, 1.82) is 0 Å². The predicted molar refractivity (Wildman–Crippen MR) is 99.5 cm³/mol. The third-order valence-electron chi connectivity index (χ3n) is 4.24. The van der Waals surface area contributed by atoms with Crippen molar-refractivity contribution in [2.75, 3.05) is 23.9 Å².